The first-order valence-electron chi connectivity index (χ1n) is 8.68. The molecule has 0 radical (unpaired) electrons. The number of nitrogens with one attached hydrogen (secondary N) is 2. The van der Waals surface area contributed by atoms with E-state index >= 15 is 0 Å². The zero-order valence-corrected chi connectivity index (χ0v) is 16.8. The number of hydrogen-bond acceptors (Lipinski definition) is 5. The van der Waals surface area contributed by atoms with Gasteiger partial charge in [-0.25, -0.2) is 9.37 Å². The number of carbonyl (C=O) groups is 1. The number of benzene rings is 2. The molecule has 3 N–H and O–H groups in total. The third-order valence-electron chi connectivity index (χ3n) is 4.02. The molecule has 3 rings (SSSR count). The molecule has 0 aliphatic heterocycles. The van der Waals surface area contributed by atoms with Crippen molar-refractivity contribution in [1.82, 2.24) is 15.3 Å². The molecular formula is C20H15Cl2FN4O3. The van der Waals surface area contributed by atoms with E-state index in [0.29, 0.717) is 0 Å². The lowest BCUT2D eigenvalue weighted by atomic mass is 10.1. The number of rotatable bonds is 7. The van der Waals surface area contributed by atoms with Gasteiger partial charge in [0.15, 0.2) is 17.4 Å². The summed E-state index contributed by atoms with van der Waals surface area (Å²) in [5, 5.41) is 22.0. The van der Waals surface area contributed by atoms with Gasteiger partial charge in [0.05, 0.1) is 22.8 Å². The van der Waals surface area contributed by atoms with Crippen molar-refractivity contribution in [3.8, 4) is 17.6 Å². The lowest BCUT2D eigenvalue weighted by Gasteiger charge is -2.15. The normalized spacial score (nSPS) is 11.6. The van der Waals surface area contributed by atoms with E-state index in [0.717, 1.165) is 0 Å². The average molecular weight is 449 g/mol. The molecule has 0 bridgehead atoms. The molecule has 30 heavy (non-hydrogen) atoms. The molecule has 7 nitrogen and oxygen atoms in total. The van der Waals surface area contributed by atoms with Gasteiger partial charge in [-0.2, -0.15) is 5.26 Å². The minimum atomic E-state index is -1.07. The maximum absolute atomic E-state index is 15.0. The number of ether oxygens (including phenoxy) is 1. The fourth-order valence-electron chi connectivity index (χ4n) is 2.64. The minimum Gasteiger partial charge on any atom is -0.453 e. The van der Waals surface area contributed by atoms with Gasteiger partial charge in [0.1, 0.15) is 5.75 Å². The highest BCUT2D eigenvalue weighted by molar-refractivity contribution is 6.32. The van der Waals surface area contributed by atoms with E-state index in [9.17, 15) is 14.3 Å². The Labute approximate surface area is 181 Å². The zero-order valence-electron chi connectivity index (χ0n) is 15.3. The van der Waals surface area contributed by atoms with Crippen molar-refractivity contribution in [1.29, 1.82) is 5.26 Å². The Morgan fingerprint density at radius 3 is 2.87 bits per heavy atom. The van der Waals surface area contributed by atoms with Gasteiger partial charge < -0.3 is 20.1 Å². The molecule has 1 unspecified atom stereocenters. The summed E-state index contributed by atoms with van der Waals surface area (Å²) in [4.78, 5) is 18.3. The zero-order chi connectivity index (χ0) is 21.7. The van der Waals surface area contributed by atoms with Crippen molar-refractivity contribution in [2.75, 3.05) is 6.54 Å². The number of nitriles is 1. The molecule has 0 saturated heterocycles. The Bertz CT molecular complexity index is 1100. The predicted octanol–water partition coefficient (Wildman–Crippen LogP) is 3.85. The van der Waals surface area contributed by atoms with E-state index in [1.165, 1.54) is 42.7 Å². The van der Waals surface area contributed by atoms with E-state index in [1.54, 1.807) is 0 Å². The first-order valence-corrected chi connectivity index (χ1v) is 9.44. The van der Waals surface area contributed by atoms with E-state index in [-0.39, 0.29) is 51.5 Å². The van der Waals surface area contributed by atoms with Crippen LogP contribution in [0.1, 0.15) is 21.7 Å². The van der Waals surface area contributed by atoms with Crippen molar-refractivity contribution in [3.05, 3.63) is 75.5 Å². The van der Waals surface area contributed by atoms with Gasteiger partial charge in [0.2, 0.25) is 0 Å². The summed E-state index contributed by atoms with van der Waals surface area (Å²) >= 11 is 12.0. The van der Waals surface area contributed by atoms with E-state index < -0.39 is 17.8 Å². The number of imidazole rings is 1. The molecule has 0 aliphatic rings. The van der Waals surface area contributed by atoms with E-state index in [4.69, 9.17) is 33.2 Å². The molecule has 1 atom stereocenters. The van der Waals surface area contributed by atoms with Crippen LogP contribution in [0.15, 0.2) is 42.7 Å². The van der Waals surface area contributed by atoms with Gasteiger partial charge in [0.25, 0.3) is 5.91 Å². The molecule has 1 heterocycles. The van der Waals surface area contributed by atoms with E-state index in [2.05, 4.69) is 15.3 Å². The highest BCUT2D eigenvalue weighted by Gasteiger charge is 2.19. The fraction of sp³-hybridized carbons (Fsp3) is 0.150. The molecule has 0 saturated carbocycles. The van der Waals surface area contributed by atoms with Crippen LogP contribution in [0.2, 0.25) is 10.0 Å². The Morgan fingerprint density at radius 1 is 1.37 bits per heavy atom. The number of hydrogen-bond donors (Lipinski definition) is 3. The highest BCUT2D eigenvalue weighted by Crippen LogP contribution is 2.35. The second-order valence-corrected chi connectivity index (χ2v) is 7.09. The third-order valence-corrected chi connectivity index (χ3v) is 4.53. The van der Waals surface area contributed by atoms with Crippen LogP contribution < -0.4 is 10.1 Å². The highest BCUT2D eigenvalue weighted by atomic mass is 35.5. The summed E-state index contributed by atoms with van der Waals surface area (Å²) in [5.41, 5.74) is 0.379. The van der Waals surface area contributed by atoms with E-state index in [1.807, 2.05) is 6.07 Å². The lowest BCUT2D eigenvalue weighted by Crippen LogP contribution is -2.33. The van der Waals surface area contributed by atoms with Gasteiger partial charge in [-0.3, -0.25) is 4.79 Å². The maximum atomic E-state index is 15.0. The Kier molecular flexibility index (Phi) is 6.90. The van der Waals surface area contributed by atoms with Crippen molar-refractivity contribution < 1.29 is 19.0 Å². The molecular weight excluding hydrogens is 434 g/mol. The maximum Gasteiger partial charge on any atom is 0.287 e. The summed E-state index contributed by atoms with van der Waals surface area (Å²) < 4.78 is 20.5. The Balaban J connectivity index is 1.72. The second-order valence-electron chi connectivity index (χ2n) is 6.24. The first kappa shape index (κ1) is 21.6. The second kappa shape index (κ2) is 9.59. The number of carbonyl (C=O) groups excluding carboxylic acids is 1. The number of aliphatic hydroxyl groups is 1. The average Bonchev–Trinajstić information content (AvgIpc) is 3.26. The third kappa shape index (κ3) is 5.27. The SMILES string of the molecule is N#Cc1cc(Cl)cc(Oc2c(Cl)ccc(CC(O)CNC(=O)c3ncc[nH]3)c2F)c1. The molecule has 1 aromatic heterocycles. The fourth-order valence-corrected chi connectivity index (χ4v) is 3.05. The number of H-pyrrole nitrogens is 1. The quantitative estimate of drug-likeness (QED) is 0.508. The van der Waals surface area contributed by atoms with Gasteiger partial charge in [-0.1, -0.05) is 29.3 Å². The van der Waals surface area contributed by atoms with Crippen LogP contribution in [-0.4, -0.2) is 33.6 Å². The molecule has 3 aromatic rings. The number of amides is 1. The largest absolute Gasteiger partial charge is 0.453 e. The molecule has 1 amide bonds. The smallest absolute Gasteiger partial charge is 0.287 e. The Morgan fingerprint density at radius 2 is 2.17 bits per heavy atom. The van der Waals surface area contributed by atoms with Crippen molar-refractivity contribution in [2.45, 2.75) is 12.5 Å². The predicted molar refractivity (Wildman–Crippen MR) is 108 cm³/mol. The van der Waals surface area contributed by atoms with Crippen LogP contribution in [0.25, 0.3) is 0 Å². The number of halogens is 3. The molecule has 0 fully saturated rings. The van der Waals surface area contributed by atoms with Crippen molar-refractivity contribution >= 4 is 29.1 Å². The first-order chi connectivity index (χ1) is 14.4. The van der Waals surface area contributed by atoms with Gasteiger partial charge >= 0.3 is 0 Å². The summed E-state index contributed by atoms with van der Waals surface area (Å²) in [6.45, 7) is -0.113. The summed E-state index contributed by atoms with van der Waals surface area (Å²) in [7, 11) is 0. The monoisotopic (exact) mass is 448 g/mol. The number of aliphatic hydroxyl groups excluding tert-OH is 1. The lowest BCUT2D eigenvalue weighted by molar-refractivity contribution is 0.0906. The molecule has 10 heteroatoms. The Hall–Kier alpha value is -3.12. The van der Waals surface area contributed by atoms with Gasteiger partial charge in [-0.05, 0) is 29.8 Å². The van der Waals surface area contributed by atoms with Crippen molar-refractivity contribution in [2.24, 2.45) is 0 Å². The van der Waals surface area contributed by atoms with Crippen LogP contribution in [0.5, 0.6) is 11.5 Å². The molecule has 0 spiro atoms. The van der Waals surface area contributed by atoms with Gasteiger partial charge in [0, 0.05) is 30.4 Å². The van der Waals surface area contributed by atoms with Crippen LogP contribution >= 0.6 is 23.2 Å². The molecule has 2 aromatic carbocycles. The summed E-state index contributed by atoms with van der Waals surface area (Å²) in [6.07, 6.45) is 1.76. The summed E-state index contributed by atoms with van der Waals surface area (Å²) in [5.74, 6) is -1.27. The van der Waals surface area contributed by atoms with Crippen LogP contribution in [-0.2, 0) is 6.42 Å². The standard InChI is InChI=1S/C20H15Cl2FN4O3/c21-13-5-11(9-24)6-15(8-13)30-18-16(22)2-1-12(17(18)23)7-14(28)10-27-20(29)19-25-3-4-26-19/h1-6,8,14,28H,7,10H2,(H,25,26)(H,27,29). The van der Waals surface area contributed by atoms with Crippen LogP contribution in [0.4, 0.5) is 4.39 Å². The molecule has 0 aliphatic carbocycles. The van der Waals surface area contributed by atoms with Crippen molar-refractivity contribution in [3.63, 3.8) is 0 Å². The topological polar surface area (TPSA) is 111 Å². The molecule has 154 valence electrons. The van der Waals surface area contributed by atoms with Crippen LogP contribution in [0, 0.1) is 17.1 Å². The number of aromatic nitrogens is 2. The van der Waals surface area contributed by atoms with Gasteiger partial charge in [-0.15, -0.1) is 0 Å². The minimum absolute atomic E-state index is 0.00958. The number of aromatic amines is 1. The number of nitrogens with zero attached hydrogens (tertiary/aromatic N) is 2. The van der Waals surface area contributed by atoms with Crippen LogP contribution in [0.3, 0.4) is 0 Å². The summed E-state index contributed by atoms with van der Waals surface area (Å²) in [6, 6.07) is 9.03.